The molecule has 0 radical (unpaired) electrons. The highest BCUT2D eigenvalue weighted by molar-refractivity contribution is 6.39. The van der Waals surface area contributed by atoms with Gasteiger partial charge in [-0.3, -0.25) is 0 Å². The van der Waals surface area contributed by atoms with Gasteiger partial charge >= 0.3 is 12.1 Å². The van der Waals surface area contributed by atoms with Crippen molar-refractivity contribution in [3.63, 3.8) is 0 Å². The summed E-state index contributed by atoms with van der Waals surface area (Å²) in [7, 11) is 0. The van der Waals surface area contributed by atoms with Crippen LogP contribution in [0.1, 0.15) is 25.8 Å². The number of carbonyl (C=O) groups excluding carboxylic acids is 3. The van der Waals surface area contributed by atoms with Gasteiger partial charge in [0, 0.05) is 5.69 Å². The zero-order valence-corrected chi connectivity index (χ0v) is 17.2. The molecule has 0 N–H and O–H groups in total. The summed E-state index contributed by atoms with van der Waals surface area (Å²) in [6.45, 7) is 7.89. The Morgan fingerprint density at radius 1 is 1.14 bits per heavy atom. The molecule has 0 saturated heterocycles. The lowest BCUT2D eigenvalue weighted by molar-refractivity contribution is -0.191. The van der Waals surface area contributed by atoms with Gasteiger partial charge < -0.3 is 9.64 Å². The van der Waals surface area contributed by atoms with Crippen molar-refractivity contribution in [1.82, 2.24) is 0 Å². The fraction of sp³-hybridized carbons (Fsp3) is 0.238. The minimum Gasteiger partial charge on any atom is -0.464 e. The molecule has 0 heterocycles. The van der Waals surface area contributed by atoms with Crippen molar-refractivity contribution in [2.75, 3.05) is 11.5 Å². The fourth-order valence-corrected chi connectivity index (χ4v) is 3.32. The smallest absolute Gasteiger partial charge is 0.373 e. The molecule has 0 aliphatic heterocycles. The van der Waals surface area contributed by atoms with Crippen molar-refractivity contribution in [1.29, 1.82) is 0 Å². The van der Waals surface area contributed by atoms with Gasteiger partial charge in [0.25, 0.3) is 0 Å². The molecular formula is C21H21Cl2NO4. The minimum atomic E-state index is -0.557. The molecule has 0 saturated carbocycles. The number of benzene rings is 2. The average molecular weight is 422 g/mol. The van der Waals surface area contributed by atoms with Gasteiger partial charge in [0.05, 0.1) is 22.3 Å². The first kappa shape index (κ1) is 23.4. The molecule has 0 aliphatic carbocycles. The highest BCUT2D eigenvalue weighted by atomic mass is 35.5. The number of carbonyl (C=O) groups is 1. The third-order valence-electron chi connectivity index (χ3n) is 3.85. The first-order chi connectivity index (χ1) is 13.5. The topological polar surface area (TPSA) is 63.7 Å². The molecule has 1 unspecified atom stereocenters. The first-order valence-corrected chi connectivity index (χ1v) is 9.32. The van der Waals surface area contributed by atoms with Gasteiger partial charge in [0.1, 0.15) is 6.04 Å². The monoisotopic (exact) mass is 421 g/mol. The van der Waals surface area contributed by atoms with Gasteiger partial charge in [-0.1, -0.05) is 67.0 Å². The van der Waals surface area contributed by atoms with Gasteiger partial charge in [0.2, 0.25) is 0 Å². The lowest BCUT2D eigenvalue weighted by atomic mass is 10.1. The summed E-state index contributed by atoms with van der Waals surface area (Å²) in [5.74, 6) is -0.320. The summed E-state index contributed by atoms with van der Waals surface area (Å²) in [5, 5.41) is 0.934. The van der Waals surface area contributed by atoms with Crippen LogP contribution in [-0.2, 0) is 19.1 Å². The number of nitrogens with zero attached hydrogens (tertiary/aromatic N) is 1. The lowest BCUT2D eigenvalue weighted by Gasteiger charge is -2.34. The Bertz CT molecular complexity index is 828. The summed E-state index contributed by atoms with van der Waals surface area (Å²) < 4.78 is 5.28. The van der Waals surface area contributed by atoms with Crippen molar-refractivity contribution in [2.45, 2.75) is 26.3 Å². The van der Waals surface area contributed by atoms with Gasteiger partial charge in [-0.05, 0) is 37.1 Å². The average Bonchev–Trinajstić information content (AvgIpc) is 2.68. The molecule has 0 aliphatic rings. The second-order valence-corrected chi connectivity index (χ2v) is 6.28. The number of rotatable bonds is 7. The first-order valence-electron chi connectivity index (χ1n) is 8.57. The van der Waals surface area contributed by atoms with Crippen LogP contribution in [0.3, 0.4) is 0 Å². The zero-order chi connectivity index (χ0) is 21.1. The molecule has 2 aromatic rings. The van der Waals surface area contributed by atoms with E-state index in [1.807, 2.05) is 36.1 Å². The summed E-state index contributed by atoms with van der Waals surface area (Å²) in [6.07, 6.45) is 2.52. The van der Waals surface area contributed by atoms with Crippen LogP contribution in [0, 0.1) is 0 Å². The molecule has 0 spiro atoms. The summed E-state index contributed by atoms with van der Waals surface area (Å²) >= 11 is 12.9. The number of anilines is 2. The van der Waals surface area contributed by atoms with Gasteiger partial charge in [-0.15, -0.1) is 0 Å². The van der Waals surface area contributed by atoms with E-state index in [0.717, 1.165) is 11.3 Å². The standard InChI is InChI=1S/C20H21Cl2NO2.CO2/c1-4-14-10-7-8-13-18(14)23(17(5-2)20(24)25-6-3)19-15(21)11-9-12-16(19)22;2-1-3/h4,7-13,17H,1,5-6H2,2-3H3;. The van der Waals surface area contributed by atoms with Crippen LogP contribution in [-0.4, -0.2) is 24.8 Å². The molecule has 148 valence electrons. The van der Waals surface area contributed by atoms with E-state index in [0.29, 0.717) is 28.8 Å². The second-order valence-electron chi connectivity index (χ2n) is 5.46. The maximum atomic E-state index is 12.6. The molecule has 28 heavy (non-hydrogen) atoms. The van der Waals surface area contributed by atoms with Crippen LogP contribution in [0.4, 0.5) is 11.4 Å². The van der Waals surface area contributed by atoms with Crippen molar-refractivity contribution in [3.8, 4) is 0 Å². The SMILES string of the molecule is C=Cc1ccccc1N(c1c(Cl)cccc1Cl)C(CC)C(=O)OCC.O=C=O. The number of hydrogen-bond donors (Lipinski definition) is 0. The Balaban J connectivity index is 0.00000122. The zero-order valence-electron chi connectivity index (χ0n) is 15.7. The molecular weight excluding hydrogens is 401 g/mol. The van der Waals surface area contributed by atoms with E-state index >= 15 is 0 Å². The third-order valence-corrected chi connectivity index (χ3v) is 4.46. The minimum absolute atomic E-state index is 0.250. The Morgan fingerprint density at radius 3 is 2.21 bits per heavy atom. The Labute approximate surface area is 174 Å². The summed E-state index contributed by atoms with van der Waals surface area (Å²) in [4.78, 5) is 30.7. The van der Waals surface area contributed by atoms with Crippen LogP contribution >= 0.6 is 23.2 Å². The number of esters is 1. The number of hydrogen-bond acceptors (Lipinski definition) is 5. The molecule has 0 bridgehead atoms. The largest absolute Gasteiger partial charge is 0.464 e. The van der Waals surface area contributed by atoms with Crippen LogP contribution in [0.25, 0.3) is 6.08 Å². The highest BCUT2D eigenvalue weighted by Gasteiger charge is 2.31. The molecule has 7 heteroatoms. The highest BCUT2D eigenvalue weighted by Crippen LogP contribution is 2.41. The summed E-state index contributed by atoms with van der Waals surface area (Å²) in [6, 6.07) is 12.4. The Kier molecular flexibility index (Phi) is 10.0. The lowest BCUT2D eigenvalue weighted by Crippen LogP contribution is -2.39. The predicted molar refractivity (Wildman–Crippen MR) is 111 cm³/mol. The van der Waals surface area contributed by atoms with Crippen molar-refractivity contribution in [3.05, 3.63) is 64.7 Å². The van der Waals surface area contributed by atoms with Crippen molar-refractivity contribution < 1.29 is 19.1 Å². The van der Waals surface area contributed by atoms with E-state index in [1.165, 1.54) is 0 Å². The van der Waals surface area contributed by atoms with E-state index in [2.05, 4.69) is 6.58 Å². The predicted octanol–water partition coefficient (Wildman–Crippen LogP) is 5.53. The summed E-state index contributed by atoms with van der Waals surface area (Å²) in [5.41, 5.74) is 2.26. The van der Waals surface area contributed by atoms with Crippen LogP contribution < -0.4 is 4.90 Å². The normalized spacial score (nSPS) is 10.7. The van der Waals surface area contributed by atoms with Crippen LogP contribution in [0.2, 0.25) is 10.0 Å². The van der Waals surface area contributed by atoms with E-state index in [9.17, 15) is 4.79 Å². The number of halogens is 2. The van der Waals surface area contributed by atoms with Crippen LogP contribution in [0.15, 0.2) is 49.0 Å². The molecule has 0 amide bonds. The molecule has 0 aromatic heterocycles. The van der Waals surface area contributed by atoms with Crippen molar-refractivity contribution in [2.24, 2.45) is 0 Å². The van der Waals surface area contributed by atoms with E-state index in [1.54, 1.807) is 31.2 Å². The maximum Gasteiger partial charge on any atom is 0.373 e. The van der Waals surface area contributed by atoms with E-state index in [-0.39, 0.29) is 12.1 Å². The van der Waals surface area contributed by atoms with Crippen molar-refractivity contribution >= 4 is 52.8 Å². The maximum absolute atomic E-state index is 12.6. The number of para-hydroxylation sites is 2. The molecule has 2 aromatic carbocycles. The molecule has 1 atom stereocenters. The Hall–Kier alpha value is -2.59. The fourth-order valence-electron chi connectivity index (χ4n) is 2.74. The molecule has 2 rings (SSSR count). The van der Waals surface area contributed by atoms with E-state index in [4.69, 9.17) is 37.5 Å². The second kappa shape index (κ2) is 12.0. The molecule has 0 fully saturated rings. The number of ether oxygens (including phenoxy) is 1. The van der Waals surface area contributed by atoms with Crippen LogP contribution in [0.5, 0.6) is 0 Å². The Morgan fingerprint density at radius 2 is 1.71 bits per heavy atom. The van der Waals surface area contributed by atoms with Gasteiger partial charge in [-0.2, -0.15) is 9.59 Å². The molecule has 5 nitrogen and oxygen atoms in total. The third kappa shape index (κ3) is 5.70. The van der Waals surface area contributed by atoms with E-state index < -0.39 is 6.04 Å². The van der Waals surface area contributed by atoms with Gasteiger partial charge in [-0.25, -0.2) is 4.79 Å². The quantitative estimate of drug-likeness (QED) is 0.549. The van der Waals surface area contributed by atoms with Gasteiger partial charge in [0.15, 0.2) is 0 Å².